The molecule has 1 aromatic carbocycles. The van der Waals surface area contributed by atoms with Crippen molar-refractivity contribution in [1.82, 2.24) is 15.1 Å². The Morgan fingerprint density at radius 3 is 2.57 bits per heavy atom. The first-order chi connectivity index (χ1) is 9.88. The van der Waals surface area contributed by atoms with E-state index in [0.717, 1.165) is 18.2 Å². The van der Waals surface area contributed by atoms with E-state index < -0.39 is 23.6 Å². The van der Waals surface area contributed by atoms with Gasteiger partial charge in [-0.3, -0.25) is 4.68 Å². The van der Waals surface area contributed by atoms with E-state index in [9.17, 15) is 17.6 Å². The van der Waals surface area contributed by atoms with E-state index in [1.165, 1.54) is 6.20 Å². The maximum atomic E-state index is 14.0. The van der Waals surface area contributed by atoms with Gasteiger partial charge in [0.25, 0.3) is 0 Å². The lowest BCUT2D eigenvalue weighted by Gasteiger charge is -2.20. The normalized spacial score (nSPS) is 13.4. The molecule has 7 heteroatoms. The minimum atomic E-state index is -4.51. The first-order valence-electron chi connectivity index (χ1n) is 6.44. The van der Waals surface area contributed by atoms with Crippen LogP contribution in [0.2, 0.25) is 0 Å². The molecule has 114 valence electrons. The Balaban J connectivity index is 2.52. The number of nitrogens with zero attached hydrogens (tertiary/aromatic N) is 2. The largest absolute Gasteiger partial charge is 0.416 e. The number of hydrogen-bond donors (Lipinski definition) is 1. The third-order valence-electron chi connectivity index (χ3n) is 3.27. The number of benzene rings is 1. The van der Waals surface area contributed by atoms with Crippen molar-refractivity contribution in [3.05, 3.63) is 53.1 Å². The fourth-order valence-corrected chi connectivity index (χ4v) is 2.26. The molecule has 0 aliphatic heterocycles. The second-order valence-electron chi connectivity index (χ2n) is 4.53. The molecule has 3 nitrogen and oxygen atoms in total. The van der Waals surface area contributed by atoms with Crippen molar-refractivity contribution in [2.24, 2.45) is 0 Å². The van der Waals surface area contributed by atoms with Gasteiger partial charge in [0, 0.05) is 18.3 Å². The smallest absolute Gasteiger partial charge is 0.308 e. The van der Waals surface area contributed by atoms with Gasteiger partial charge in [-0.05, 0) is 38.2 Å². The molecular formula is C14H15F4N3. The molecule has 0 aliphatic carbocycles. The van der Waals surface area contributed by atoms with Crippen molar-refractivity contribution in [2.75, 3.05) is 7.05 Å². The Morgan fingerprint density at radius 1 is 1.29 bits per heavy atom. The lowest BCUT2D eigenvalue weighted by atomic mass is 10.00. The molecule has 0 bridgehead atoms. The molecule has 1 atom stereocenters. The summed E-state index contributed by atoms with van der Waals surface area (Å²) in [6.45, 7) is 2.40. The number of aromatic nitrogens is 2. The summed E-state index contributed by atoms with van der Waals surface area (Å²) in [7, 11) is 1.57. The highest BCUT2D eigenvalue weighted by Crippen LogP contribution is 2.33. The lowest BCUT2D eigenvalue weighted by molar-refractivity contribution is -0.137. The average Bonchev–Trinajstić information content (AvgIpc) is 2.88. The molecule has 1 N–H and O–H groups in total. The third-order valence-corrected chi connectivity index (χ3v) is 3.27. The fraction of sp³-hybridized carbons (Fsp3) is 0.357. The van der Waals surface area contributed by atoms with Gasteiger partial charge in [0.05, 0.1) is 17.3 Å². The van der Waals surface area contributed by atoms with Crippen LogP contribution < -0.4 is 5.32 Å². The van der Waals surface area contributed by atoms with Crippen molar-refractivity contribution in [1.29, 1.82) is 0 Å². The Hall–Kier alpha value is -1.89. The number of halogens is 4. The Morgan fingerprint density at radius 2 is 2.00 bits per heavy atom. The van der Waals surface area contributed by atoms with E-state index in [1.54, 1.807) is 17.8 Å². The molecular weight excluding hydrogens is 286 g/mol. The summed E-state index contributed by atoms with van der Waals surface area (Å²) in [4.78, 5) is 0. The zero-order valence-electron chi connectivity index (χ0n) is 11.6. The molecule has 0 fully saturated rings. The molecule has 0 radical (unpaired) electrons. The van der Waals surface area contributed by atoms with Gasteiger partial charge < -0.3 is 5.32 Å². The van der Waals surface area contributed by atoms with Crippen LogP contribution in [-0.4, -0.2) is 16.8 Å². The number of rotatable bonds is 4. The summed E-state index contributed by atoms with van der Waals surface area (Å²) in [6.07, 6.45) is -2.97. The van der Waals surface area contributed by atoms with Crippen LogP contribution in [0.3, 0.4) is 0 Å². The molecule has 1 unspecified atom stereocenters. The standard InChI is InChI=1S/C14H15F4N3/c1-3-21-12(6-7-20-21)13(19-2)10-8-9(14(16,17)18)4-5-11(10)15/h4-8,13,19H,3H2,1-2H3. The maximum Gasteiger partial charge on any atom is 0.416 e. The van der Waals surface area contributed by atoms with Gasteiger partial charge in [0.2, 0.25) is 0 Å². The maximum absolute atomic E-state index is 14.0. The van der Waals surface area contributed by atoms with E-state index in [2.05, 4.69) is 10.4 Å². The van der Waals surface area contributed by atoms with Gasteiger partial charge in [0.15, 0.2) is 0 Å². The van der Waals surface area contributed by atoms with Crippen molar-refractivity contribution < 1.29 is 17.6 Å². The minimum Gasteiger partial charge on any atom is -0.308 e. The van der Waals surface area contributed by atoms with Crippen LogP contribution in [-0.2, 0) is 12.7 Å². The van der Waals surface area contributed by atoms with Crippen molar-refractivity contribution in [3.8, 4) is 0 Å². The second kappa shape index (κ2) is 5.85. The fourth-order valence-electron chi connectivity index (χ4n) is 2.26. The average molecular weight is 301 g/mol. The first kappa shape index (κ1) is 15.5. The van der Waals surface area contributed by atoms with Crippen LogP contribution in [0.25, 0.3) is 0 Å². The Bertz CT molecular complexity index is 619. The quantitative estimate of drug-likeness (QED) is 0.878. The van der Waals surface area contributed by atoms with Crippen LogP contribution >= 0.6 is 0 Å². The molecule has 2 aromatic rings. The van der Waals surface area contributed by atoms with E-state index in [4.69, 9.17) is 0 Å². The SMILES string of the molecule is CCn1nccc1C(NC)c1cc(C(F)(F)F)ccc1F. The van der Waals surface area contributed by atoms with Gasteiger partial charge in [-0.25, -0.2) is 4.39 Å². The van der Waals surface area contributed by atoms with Crippen molar-refractivity contribution in [2.45, 2.75) is 25.7 Å². The highest BCUT2D eigenvalue weighted by Gasteiger charge is 2.32. The van der Waals surface area contributed by atoms with Gasteiger partial charge in [-0.1, -0.05) is 0 Å². The van der Waals surface area contributed by atoms with Crippen LogP contribution in [0.4, 0.5) is 17.6 Å². The predicted molar refractivity (Wildman–Crippen MR) is 70.2 cm³/mol. The third kappa shape index (κ3) is 3.07. The second-order valence-corrected chi connectivity index (χ2v) is 4.53. The van der Waals surface area contributed by atoms with Crippen LogP contribution in [0, 0.1) is 5.82 Å². The molecule has 0 spiro atoms. The molecule has 0 saturated heterocycles. The van der Waals surface area contributed by atoms with E-state index in [-0.39, 0.29) is 5.56 Å². The summed E-state index contributed by atoms with van der Waals surface area (Å²) >= 11 is 0. The molecule has 0 aliphatic rings. The number of hydrogen-bond acceptors (Lipinski definition) is 2. The summed E-state index contributed by atoms with van der Waals surface area (Å²) in [5.74, 6) is -0.689. The molecule has 0 saturated carbocycles. The summed E-state index contributed by atoms with van der Waals surface area (Å²) in [6, 6.07) is 3.38. The van der Waals surface area contributed by atoms with E-state index >= 15 is 0 Å². The highest BCUT2D eigenvalue weighted by molar-refractivity contribution is 5.34. The monoisotopic (exact) mass is 301 g/mol. The Kier molecular flexibility index (Phi) is 4.32. The molecule has 2 rings (SSSR count). The van der Waals surface area contributed by atoms with Crippen molar-refractivity contribution >= 4 is 0 Å². The Labute approximate surface area is 119 Å². The van der Waals surface area contributed by atoms with E-state index in [0.29, 0.717) is 12.2 Å². The number of alkyl halides is 3. The molecule has 21 heavy (non-hydrogen) atoms. The van der Waals surface area contributed by atoms with Crippen LogP contribution in [0.1, 0.15) is 29.8 Å². The van der Waals surface area contributed by atoms with Gasteiger partial charge in [0.1, 0.15) is 5.82 Å². The van der Waals surface area contributed by atoms with Gasteiger partial charge in [-0.2, -0.15) is 18.3 Å². The summed E-state index contributed by atoms with van der Waals surface area (Å²) in [5.41, 5.74) is -0.317. The highest BCUT2D eigenvalue weighted by atomic mass is 19.4. The molecule has 0 amide bonds. The topological polar surface area (TPSA) is 29.9 Å². The molecule has 1 aromatic heterocycles. The number of nitrogens with one attached hydrogen (secondary N) is 1. The zero-order chi connectivity index (χ0) is 15.6. The lowest BCUT2D eigenvalue weighted by Crippen LogP contribution is -2.23. The van der Waals surface area contributed by atoms with E-state index in [1.807, 2.05) is 6.92 Å². The molecule has 1 heterocycles. The number of aryl methyl sites for hydroxylation is 1. The minimum absolute atomic E-state index is 0.0532. The van der Waals surface area contributed by atoms with Crippen LogP contribution in [0.15, 0.2) is 30.5 Å². The van der Waals surface area contributed by atoms with Gasteiger partial charge in [-0.15, -0.1) is 0 Å². The van der Waals surface area contributed by atoms with Crippen LogP contribution in [0.5, 0.6) is 0 Å². The summed E-state index contributed by atoms with van der Waals surface area (Å²) < 4.78 is 54.0. The van der Waals surface area contributed by atoms with Gasteiger partial charge >= 0.3 is 6.18 Å². The summed E-state index contributed by atoms with van der Waals surface area (Å²) in [5, 5.41) is 6.91. The zero-order valence-corrected chi connectivity index (χ0v) is 11.6. The first-order valence-corrected chi connectivity index (χ1v) is 6.44. The van der Waals surface area contributed by atoms with Crippen molar-refractivity contribution in [3.63, 3.8) is 0 Å². The predicted octanol–water partition coefficient (Wildman–Crippen LogP) is 3.37.